The normalized spacial score (nSPS) is 12.7. The lowest BCUT2D eigenvalue weighted by molar-refractivity contribution is -0.144. The van der Waals surface area contributed by atoms with Gasteiger partial charge in [0.2, 0.25) is 0 Å². The van der Waals surface area contributed by atoms with Crippen molar-refractivity contribution in [3.63, 3.8) is 0 Å². The van der Waals surface area contributed by atoms with E-state index < -0.39 is 35.7 Å². The second-order valence-corrected chi connectivity index (χ2v) is 6.35. The maximum atomic E-state index is 12.2. The molecule has 0 radical (unpaired) electrons. The number of carboxylic acid groups (broad SMARTS) is 1. The number of amides is 2. The van der Waals surface area contributed by atoms with E-state index in [1.165, 1.54) is 0 Å². The Bertz CT molecular complexity index is 399. The highest BCUT2D eigenvalue weighted by Gasteiger charge is 2.40. The number of rotatable bonds is 6. The van der Waals surface area contributed by atoms with E-state index in [4.69, 9.17) is 9.47 Å². The monoisotopic (exact) mass is 317 g/mol. The number of carbonyl (C=O) groups excluding carboxylic acids is 2. The van der Waals surface area contributed by atoms with E-state index in [-0.39, 0.29) is 6.61 Å². The smallest absolute Gasteiger partial charge is 0.420 e. The van der Waals surface area contributed by atoms with Crippen LogP contribution in [0.4, 0.5) is 9.59 Å². The maximum Gasteiger partial charge on any atom is 0.420 e. The molecule has 0 aliphatic rings. The third kappa shape index (κ3) is 6.78. The molecule has 1 N–H and O–H groups in total. The average Bonchev–Trinajstić information content (AvgIpc) is 2.32. The van der Waals surface area contributed by atoms with E-state index in [0.717, 1.165) is 6.42 Å². The molecular weight excluding hydrogens is 290 g/mol. The molecule has 0 rings (SSSR count). The summed E-state index contributed by atoms with van der Waals surface area (Å²) in [7, 11) is 0. The molecule has 0 saturated carbocycles. The van der Waals surface area contributed by atoms with Gasteiger partial charge < -0.3 is 14.6 Å². The third-order valence-electron chi connectivity index (χ3n) is 2.67. The van der Waals surface area contributed by atoms with Crippen LogP contribution in [0.1, 0.15) is 54.4 Å². The summed E-state index contributed by atoms with van der Waals surface area (Å²) in [5, 5.41) is 9.32. The predicted molar refractivity (Wildman–Crippen MR) is 80.6 cm³/mol. The summed E-state index contributed by atoms with van der Waals surface area (Å²) in [6.07, 6.45) is -0.571. The molecule has 0 aliphatic carbocycles. The van der Waals surface area contributed by atoms with Gasteiger partial charge in [0.05, 0.1) is 6.61 Å². The molecule has 22 heavy (non-hydrogen) atoms. The molecule has 0 spiro atoms. The number of nitrogens with zero attached hydrogens (tertiary/aromatic N) is 1. The molecule has 0 unspecified atom stereocenters. The highest BCUT2D eigenvalue weighted by atomic mass is 16.6. The second kappa shape index (κ2) is 8.60. The Morgan fingerprint density at radius 2 is 1.68 bits per heavy atom. The number of carbonyl (C=O) groups is 3. The van der Waals surface area contributed by atoms with E-state index in [0.29, 0.717) is 11.3 Å². The first-order valence-corrected chi connectivity index (χ1v) is 7.43. The van der Waals surface area contributed by atoms with Crippen LogP contribution in [0.25, 0.3) is 0 Å². The zero-order valence-corrected chi connectivity index (χ0v) is 14.2. The van der Waals surface area contributed by atoms with Crippen molar-refractivity contribution in [1.82, 2.24) is 4.90 Å². The molecule has 128 valence electrons. The summed E-state index contributed by atoms with van der Waals surface area (Å²) in [4.78, 5) is 36.3. The van der Waals surface area contributed by atoms with Crippen LogP contribution in [-0.2, 0) is 14.3 Å². The van der Waals surface area contributed by atoms with Crippen molar-refractivity contribution in [3.05, 3.63) is 0 Å². The van der Waals surface area contributed by atoms with Gasteiger partial charge in [-0.05, 0) is 33.1 Å². The van der Waals surface area contributed by atoms with Gasteiger partial charge in [-0.15, -0.1) is 0 Å². The molecule has 0 aromatic rings. The Hall–Kier alpha value is -1.79. The molecular formula is C15H27NO6. The molecule has 0 saturated heterocycles. The second-order valence-electron chi connectivity index (χ2n) is 6.35. The fraction of sp³-hybridized carbons (Fsp3) is 0.800. The van der Waals surface area contributed by atoms with Crippen molar-refractivity contribution in [2.24, 2.45) is 5.92 Å². The Balaban J connectivity index is 5.33. The third-order valence-corrected chi connectivity index (χ3v) is 2.67. The van der Waals surface area contributed by atoms with Crippen molar-refractivity contribution in [3.8, 4) is 0 Å². The highest BCUT2D eigenvalue weighted by Crippen LogP contribution is 2.18. The van der Waals surface area contributed by atoms with Gasteiger partial charge in [0, 0.05) is 0 Å². The zero-order valence-electron chi connectivity index (χ0n) is 14.2. The molecule has 0 fully saturated rings. The van der Waals surface area contributed by atoms with Gasteiger partial charge in [-0.3, -0.25) is 0 Å². The number of carboxylic acids is 1. The first-order valence-electron chi connectivity index (χ1n) is 7.43. The zero-order chi connectivity index (χ0) is 17.5. The first-order chi connectivity index (χ1) is 10.0. The van der Waals surface area contributed by atoms with Crippen molar-refractivity contribution in [2.45, 2.75) is 66.0 Å². The summed E-state index contributed by atoms with van der Waals surface area (Å²) in [6.45, 7) is 10.2. The average molecular weight is 317 g/mol. The first kappa shape index (κ1) is 20.2. The lowest BCUT2D eigenvalue weighted by Crippen LogP contribution is -2.52. The Morgan fingerprint density at radius 1 is 1.14 bits per heavy atom. The van der Waals surface area contributed by atoms with E-state index in [2.05, 4.69) is 0 Å². The number of imide groups is 1. The van der Waals surface area contributed by atoms with Crippen molar-refractivity contribution in [2.75, 3.05) is 6.61 Å². The molecule has 1 atom stereocenters. The standard InChI is InChI=1S/C15H27NO6/c1-7-8-9-21-13(19)16(11(10(2)3)12(17)18)14(20)22-15(4,5)6/h10-11H,7-9H2,1-6H3,(H,17,18)/t11-/m0/s1. The van der Waals surface area contributed by atoms with Gasteiger partial charge in [0.25, 0.3) is 0 Å². The molecule has 2 amide bonds. The van der Waals surface area contributed by atoms with Crippen LogP contribution in [0.5, 0.6) is 0 Å². The molecule has 0 heterocycles. The topological polar surface area (TPSA) is 93.1 Å². The molecule has 0 aromatic carbocycles. The number of aliphatic carboxylic acids is 1. The minimum atomic E-state index is -1.34. The van der Waals surface area contributed by atoms with Gasteiger partial charge in [-0.25, -0.2) is 14.4 Å². The quantitative estimate of drug-likeness (QED) is 0.756. The van der Waals surface area contributed by atoms with E-state index >= 15 is 0 Å². The molecule has 7 heteroatoms. The van der Waals surface area contributed by atoms with E-state index in [1.807, 2.05) is 6.92 Å². The molecule has 0 aromatic heterocycles. The number of hydrogen-bond acceptors (Lipinski definition) is 5. The minimum absolute atomic E-state index is 0.124. The van der Waals surface area contributed by atoms with Gasteiger partial charge in [-0.2, -0.15) is 4.90 Å². The van der Waals surface area contributed by atoms with E-state index in [9.17, 15) is 19.5 Å². The summed E-state index contributed by atoms with van der Waals surface area (Å²) in [5.41, 5.74) is -0.848. The van der Waals surface area contributed by atoms with Gasteiger partial charge in [0.15, 0.2) is 0 Å². The summed E-state index contributed by atoms with van der Waals surface area (Å²) in [5.74, 6) is -1.77. The van der Waals surface area contributed by atoms with Crippen molar-refractivity contribution >= 4 is 18.2 Å². The van der Waals surface area contributed by atoms with Gasteiger partial charge >= 0.3 is 18.2 Å². The largest absolute Gasteiger partial charge is 0.480 e. The van der Waals surface area contributed by atoms with Crippen molar-refractivity contribution < 1.29 is 29.0 Å². The number of ether oxygens (including phenoxy) is 2. The number of hydrogen-bond donors (Lipinski definition) is 1. The molecule has 0 aliphatic heterocycles. The Labute approximate surface area is 131 Å². The summed E-state index contributed by atoms with van der Waals surface area (Å²) < 4.78 is 10.1. The lowest BCUT2D eigenvalue weighted by Gasteiger charge is -2.31. The fourth-order valence-corrected chi connectivity index (χ4v) is 1.68. The SMILES string of the molecule is CCCCOC(=O)N(C(=O)OC(C)(C)C)[C@H](C(=O)O)C(C)C. The lowest BCUT2D eigenvalue weighted by atomic mass is 10.0. The van der Waals surface area contributed by atoms with Gasteiger partial charge in [-0.1, -0.05) is 27.2 Å². The fourth-order valence-electron chi connectivity index (χ4n) is 1.68. The van der Waals surface area contributed by atoms with Crippen LogP contribution in [0, 0.1) is 5.92 Å². The van der Waals surface area contributed by atoms with Crippen molar-refractivity contribution in [1.29, 1.82) is 0 Å². The summed E-state index contributed by atoms with van der Waals surface area (Å²) >= 11 is 0. The highest BCUT2D eigenvalue weighted by molar-refractivity contribution is 5.93. The van der Waals surface area contributed by atoms with Crippen LogP contribution >= 0.6 is 0 Å². The molecule has 7 nitrogen and oxygen atoms in total. The Morgan fingerprint density at radius 3 is 2.05 bits per heavy atom. The van der Waals surface area contributed by atoms with Crippen LogP contribution in [0.2, 0.25) is 0 Å². The van der Waals surface area contributed by atoms with E-state index in [1.54, 1.807) is 34.6 Å². The number of unbranched alkanes of at least 4 members (excludes halogenated alkanes) is 1. The minimum Gasteiger partial charge on any atom is -0.480 e. The Kier molecular flexibility index (Phi) is 7.90. The molecule has 0 bridgehead atoms. The predicted octanol–water partition coefficient (Wildman–Crippen LogP) is 3.27. The maximum absolute atomic E-state index is 12.2. The summed E-state index contributed by atoms with van der Waals surface area (Å²) in [6, 6.07) is -1.34. The van der Waals surface area contributed by atoms with Crippen LogP contribution in [0.3, 0.4) is 0 Å². The van der Waals surface area contributed by atoms with Gasteiger partial charge in [0.1, 0.15) is 11.6 Å². The van der Waals surface area contributed by atoms with Crippen LogP contribution in [0.15, 0.2) is 0 Å². The van der Waals surface area contributed by atoms with Crippen LogP contribution in [-0.4, -0.2) is 46.4 Å². The van der Waals surface area contributed by atoms with Crippen LogP contribution < -0.4 is 0 Å².